The van der Waals surface area contributed by atoms with Crippen LogP contribution in [0.1, 0.15) is 5.89 Å². The Morgan fingerprint density at radius 3 is 2.74 bits per heavy atom. The Balaban J connectivity index is 1.57. The summed E-state index contributed by atoms with van der Waals surface area (Å²) in [5.41, 5.74) is 1.19. The molecule has 0 aliphatic rings. The van der Waals surface area contributed by atoms with Crippen molar-refractivity contribution in [2.45, 2.75) is 6.54 Å². The molecule has 0 bridgehead atoms. The predicted octanol–water partition coefficient (Wildman–Crippen LogP) is 2.75. The molecule has 0 atom stereocenters. The van der Waals surface area contributed by atoms with Crippen molar-refractivity contribution in [1.82, 2.24) is 19.9 Å². The first-order valence-electron chi connectivity index (χ1n) is 7.93. The van der Waals surface area contributed by atoms with Crippen LogP contribution in [0.15, 0.2) is 62.3 Å². The van der Waals surface area contributed by atoms with E-state index in [1.807, 2.05) is 6.07 Å². The molecule has 0 spiro atoms. The van der Waals surface area contributed by atoms with Gasteiger partial charge in [-0.1, -0.05) is 17.3 Å². The Labute approximate surface area is 151 Å². The monoisotopic (exact) mass is 368 g/mol. The molecule has 4 rings (SSSR count). The first-order valence-corrected chi connectivity index (χ1v) is 7.93. The summed E-state index contributed by atoms with van der Waals surface area (Å²) in [6, 6.07) is 12.6. The maximum Gasteiger partial charge on any atom is 0.437 e. The maximum absolute atomic E-state index is 13.0. The van der Waals surface area contributed by atoms with Gasteiger partial charge in [-0.15, -0.1) is 5.10 Å². The quantitative estimate of drug-likeness (QED) is 0.534. The van der Waals surface area contributed by atoms with Crippen molar-refractivity contribution in [3.8, 4) is 28.6 Å². The lowest BCUT2D eigenvalue weighted by Crippen LogP contribution is -2.16. The van der Waals surface area contributed by atoms with Crippen LogP contribution in [0.4, 0.5) is 4.39 Å². The normalized spacial score (nSPS) is 10.9. The van der Waals surface area contributed by atoms with E-state index in [-0.39, 0.29) is 18.3 Å². The highest BCUT2D eigenvalue weighted by Crippen LogP contribution is 2.21. The van der Waals surface area contributed by atoms with Crippen LogP contribution in [-0.2, 0) is 6.54 Å². The molecule has 0 aliphatic heterocycles. The highest BCUT2D eigenvalue weighted by atomic mass is 19.1. The molecular formula is C18H13FN4O4. The van der Waals surface area contributed by atoms with Crippen molar-refractivity contribution in [3.05, 3.63) is 70.8 Å². The molecule has 0 N–H and O–H groups in total. The van der Waals surface area contributed by atoms with Crippen LogP contribution in [0.25, 0.3) is 22.8 Å². The van der Waals surface area contributed by atoms with Gasteiger partial charge >= 0.3 is 5.76 Å². The van der Waals surface area contributed by atoms with Crippen LogP contribution in [0.5, 0.6) is 5.75 Å². The summed E-state index contributed by atoms with van der Waals surface area (Å²) in [5.74, 6) is 0.211. The third-order valence-electron chi connectivity index (χ3n) is 3.78. The van der Waals surface area contributed by atoms with E-state index < -0.39 is 11.6 Å². The molecule has 8 nitrogen and oxygen atoms in total. The fraction of sp³-hybridized carbons (Fsp3) is 0.111. The Kier molecular flexibility index (Phi) is 4.25. The molecule has 0 radical (unpaired) electrons. The molecule has 4 aromatic rings. The van der Waals surface area contributed by atoms with E-state index in [0.29, 0.717) is 22.7 Å². The van der Waals surface area contributed by atoms with Gasteiger partial charge in [0, 0.05) is 11.1 Å². The van der Waals surface area contributed by atoms with Gasteiger partial charge in [0.2, 0.25) is 17.6 Å². The van der Waals surface area contributed by atoms with Crippen LogP contribution < -0.4 is 10.5 Å². The Morgan fingerprint density at radius 2 is 1.96 bits per heavy atom. The van der Waals surface area contributed by atoms with Crippen LogP contribution >= 0.6 is 0 Å². The lowest BCUT2D eigenvalue weighted by atomic mass is 10.2. The second-order valence-corrected chi connectivity index (χ2v) is 5.58. The second-order valence-electron chi connectivity index (χ2n) is 5.58. The van der Waals surface area contributed by atoms with Crippen molar-refractivity contribution in [3.63, 3.8) is 0 Å². The number of benzene rings is 2. The van der Waals surface area contributed by atoms with Gasteiger partial charge in [0.1, 0.15) is 18.1 Å². The lowest BCUT2D eigenvalue weighted by molar-refractivity contribution is 0.360. The van der Waals surface area contributed by atoms with Crippen molar-refractivity contribution in [2.75, 3.05) is 7.11 Å². The third kappa shape index (κ3) is 3.47. The molecule has 0 saturated heterocycles. The lowest BCUT2D eigenvalue weighted by Gasteiger charge is -1.99. The van der Waals surface area contributed by atoms with Gasteiger partial charge in [-0.2, -0.15) is 9.67 Å². The minimum atomic E-state index is -0.685. The van der Waals surface area contributed by atoms with Crippen molar-refractivity contribution >= 4 is 0 Å². The molecule has 0 unspecified atom stereocenters. The minimum Gasteiger partial charge on any atom is -0.497 e. The van der Waals surface area contributed by atoms with E-state index in [4.69, 9.17) is 13.7 Å². The average Bonchev–Trinajstić information content (AvgIpc) is 3.30. The number of nitrogens with zero attached hydrogens (tertiary/aromatic N) is 4. The van der Waals surface area contributed by atoms with E-state index in [1.165, 1.54) is 24.3 Å². The van der Waals surface area contributed by atoms with Crippen molar-refractivity contribution < 1.29 is 18.1 Å². The Bertz CT molecular complexity index is 1130. The SMILES string of the molecule is COc1cccc(-c2noc(Cn3nc(-c4ccc(F)cc4)oc3=O)n2)c1. The molecule has 2 aromatic carbocycles. The first-order chi connectivity index (χ1) is 13.1. The summed E-state index contributed by atoms with van der Waals surface area (Å²) >= 11 is 0. The standard InChI is InChI=1S/C18H13FN4O4/c1-25-14-4-2-3-12(9-14)16-20-15(27-22-16)10-23-18(24)26-17(21-23)11-5-7-13(19)8-6-11/h2-9H,10H2,1H3. The van der Waals surface area contributed by atoms with Gasteiger partial charge in [-0.05, 0) is 36.4 Å². The summed E-state index contributed by atoms with van der Waals surface area (Å²) in [6.45, 7) is -0.0551. The van der Waals surface area contributed by atoms with Gasteiger partial charge in [-0.3, -0.25) is 0 Å². The average molecular weight is 368 g/mol. The smallest absolute Gasteiger partial charge is 0.437 e. The van der Waals surface area contributed by atoms with Crippen LogP contribution in [0.3, 0.4) is 0 Å². The zero-order chi connectivity index (χ0) is 18.8. The number of rotatable bonds is 5. The van der Waals surface area contributed by atoms with Crippen LogP contribution in [0, 0.1) is 5.82 Å². The minimum absolute atomic E-state index is 0.0551. The van der Waals surface area contributed by atoms with Gasteiger partial charge in [0.25, 0.3) is 0 Å². The summed E-state index contributed by atoms with van der Waals surface area (Å²) in [5, 5.41) is 7.99. The number of methoxy groups -OCH3 is 1. The van der Waals surface area contributed by atoms with E-state index in [1.54, 1.807) is 25.3 Å². The fourth-order valence-corrected chi connectivity index (χ4v) is 2.44. The topological polar surface area (TPSA) is 96.2 Å². The van der Waals surface area contributed by atoms with E-state index in [2.05, 4.69) is 15.2 Å². The molecule has 136 valence electrons. The molecule has 0 aliphatic carbocycles. The van der Waals surface area contributed by atoms with E-state index in [0.717, 1.165) is 4.68 Å². The third-order valence-corrected chi connectivity index (χ3v) is 3.78. The zero-order valence-electron chi connectivity index (χ0n) is 14.1. The van der Waals surface area contributed by atoms with Crippen molar-refractivity contribution in [1.29, 1.82) is 0 Å². The Morgan fingerprint density at radius 1 is 1.15 bits per heavy atom. The summed E-state index contributed by atoms with van der Waals surface area (Å²) in [4.78, 5) is 16.3. The van der Waals surface area contributed by atoms with Crippen LogP contribution in [0.2, 0.25) is 0 Å². The van der Waals surface area contributed by atoms with Gasteiger partial charge in [-0.25, -0.2) is 9.18 Å². The molecule has 2 aromatic heterocycles. The number of ether oxygens (including phenoxy) is 1. The number of hydrogen-bond acceptors (Lipinski definition) is 7. The molecule has 0 fully saturated rings. The largest absolute Gasteiger partial charge is 0.497 e. The van der Waals surface area contributed by atoms with E-state index in [9.17, 15) is 9.18 Å². The Hall–Kier alpha value is -3.75. The van der Waals surface area contributed by atoms with Gasteiger partial charge < -0.3 is 13.7 Å². The van der Waals surface area contributed by atoms with E-state index >= 15 is 0 Å². The highest BCUT2D eigenvalue weighted by molar-refractivity contribution is 5.56. The number of hydrogen-bond donors (Lipinski definition) is 0. The summed E-state index contributed by atoms with van der Waals surface area (Å²) in [6.07, 6.45) is 0. The molecule has 0 amide bonds. The molecule has 2 heterocycles. The molecule has 27 heavy (non-hydrogen) atoms. The fourth-order valence-electron chi connectivity index (χ4n) is 2.44. The van der Waals surface area contributed by atoms with Gasteiger partial charge in [0.15, 0.2) is 0 Å². The second kappa shape index (κ2) is 6.87. The van der Waals surface area contributed by atoms with Crippen LogP contribution in [-0.4, -0.2) is 27.0 Å². The summed E-state index contributed by atoms with van der Waals surface area (Å²) in [7, 11) is 1.57. The molecular weight excluding hydrogens is 355 g/mol. The number of halogens is 1. The highest BCUT2D eigenvalue weighted by Gasteiger charge is 2.15. The molecule has 0 saturated carbocycles. The number of aromatic nitrogens is 4. The zero-order valence-corrected chi connectivity index (χ0v) is 14.1. The van der Waals surface area contributed by atoms with Crippen molar-refractivity contribution in [2.24, 2.45) is 0 Å². The maximum atomic E-state index is 13.0. The van der Waals surface area contributed by atoms with Gasteiger partial charge in [0.05, 0.1) is 7.11 Å². The summed E-state index contributed by atoms with van der Waals surface area (Å²) < 4.78 is 29.5. The molecule has 9 heteroatoms. The first kappa shape index (κ1) is 16.7. The predicted molar refractivity (Wildman–Crippen MR) is 91.5 cm³/mol.